The van der Waals surface area contributed by atoms with Crippen molar-refractivity contribution in [1.82, 2.24) is 0 Å². The van der Waals surface area contributed by atoms with Gasteiger partial charge in [0.15, 0.2) is 18.1 Å². The summed E-state index contributed by atoms with van der Waals surface area (Å²) in [5.41, 5.74) is 2.09. The maximum Gasteiger partial charge on any atom is 0.331 e. The summed E-state index contributed by atoms with van der Waals surface area (Å²) in [5, 5.41) is 9.48. The molecule has 0 aliphatic carbocycles. The van der Waals surface area contributed by atoms with Crippen LogP contribution >= 0.6 is 11.6 Å². The van der Waals surface area contributed by atoms with Crippen LogP contribution in [0.25, 0.3) is 6.08 Å². The minimum absolute atomic E-state index is 0.140. The van der Waals surface area contributed by atoms with Gasteiger partial charge in [-0.3, -0.25) is 4.79 Å². The van der Waals surface area contributed by atoms with E-state index < -0.39 is 18.5 Å². The maximum atomic E-state index is 12.7. The lowest BCUT2D eigenvalue weighted by molar-refractivity contribution is -0.142. The molecule has 7 nitrogen and oxygen atoms in total. The minimum atomic E-state index is -0.668. The SMILES string of the molecule is CCOc1ccc(/C=C/C(=O)OCC(=O)N(CCC#N)c2ccc(Cl)c(C)c2)cc1OC. The third-order valence-corrected chi connectivity index (χ3v) is 4.86. The Kier molecular flexibility index (Phi) is 9.58. The second-order valence-electron chi connectivity index (χ2n) is 6.67. The Morgan fingerprint density at radius 1 is 1.19 bits per heavy atom. The zero-order valence-electron chi connectivity index (χ0n) is 18.3. The lowest BCUT2D eigenvalue weighted by Gasteiger charge is -2.22. The molecule has 0 radical (unpaired) electrons. The smallest absolute Gasteiger partial charge is 0.331 e. The van der Waals surface area contributed by atoms with E-state index in [9.17, 15) is 9.59 Å². The maximum absolute atomic E-state index is 12.7. The lowest BCUT2D eigenvalue weighted by Crippen LogP contribution is -2.35. The van der Waals surface area contributed by atoms with Gasteiger partial charge in [0.1, 0.15) is 0 Å². The van der Waals surface area contributed by atoms with Gasteiger partial charge in [0.05, 0.1) is 26.2 Å². The number of ether oxygens (including phenoxy) is 3. The van der Waals surface area contributed by atoms with Gasteiger partial charge in [0, 0.05) is 23.3 Å². The second-order valence-corrected chi connectivity index (χ2v) is 7.08. The third kappa shape index (κ3) is 7.03. The summed E-state index contributed by atoms with van der Waals surface area (Å²) in [5.74, 6) is 0.0457. The molecule has 32 heavy (non-hydrogen) atoms. The molecule has 0 aliphatic rings. The Bertz CT molecular complexity index is 1030. The number of esters is 1. The van der Waals surface area contributed by atoms with Crippen LogP contribution in [0, 0.1) is 18.3 Å². The molecule has 0 N–H and O–H groups in total. The standard InChI is InChI=1S/C24H25ClN2O5/c1-4-31-21-10-6-18(15-22(21)30-3)7-11-24(29)32-16-23(28)27(13-5-12-26)19-8-9-20(25)17(2)14-19/h6-11,14-15H,4-5,13,16H2,1-3H3/b11-7+. The largest absolute Gasteiger partial charge is 0.493 e. The molecular formula is C24H25ClN2O5. The predicted octanol–water partition coefficient (Wildman–Crippen LogP) is 4.56. The van der Waals surface area contributed by atoms with Crippen LogP contribution in [0.4, 0.5) is 5.69 Å². The molecule has 1 amide bonds. The normalized spacial score (nSPS) is 10.5. The molecule has 0 fully saturated rings. The van der Waals surface area contributed by atoms with Crippen LogP contribution in [-0.2, 0) is 14.3 Å². The van der Waals surface area contributed by atoms with Crippen molar-refractivity contribution in [3.05, 3.63) is 58.6 Å². The van der Waals surface area contributed by atoms with E-state index in [2.05, 4.69) is 0 Å². The first-order valence-electron chi connectivity index (χ1n) is 9.98. The highest BCUT2D eigenvalue weighted by molar-refractivity contribution is 6.31. The van der Waals surface area contributed by atoms with Crippen LogP contribution in [0.5, 0.6) is 11.5 Å². The number of hydrogen-bond acceptors (Lipinski definition) is 6. The zero-order chi connectivity index (χ0) is 23.5. The molecule has 168 valence electrons. The number of nitriles is 1. The predicted molar refractivity (Wildman–Crippen MR) is 123 cm³/mol. The van der Waals surface area contributed by atoms with Crippen LogP contribution in [0.3, 0.4) is 0 Å². The van der Waals surface area contributed by atoms with Gasteiger partial charge in [-0.1, -0.05) is 17.7 Å². The average molecular weight is 457 g/mol. The number of carbonyl (C=O) groups is 2. The van der Waals surface area contributed by atoms with E-state index in [1.165, 1.54) is 18.1 Å². The number of hydrogen-bond donors (Lipinski definition) is 0. The number of aryl methyl sites for hydroxylation is 1. The van der Waals surface area contributed by atoms with Crippen LogP contribution < -0.4 is 14.4 Å². The first kappa shape index (κ1) is 24.8. The van der Waals surface area contributed by atoms with Gasteiger partial charge >= 0.3 is 5.97 Å². The summed E-state index contributed by atoms with van der Waals surface area (Å²) < 4.78 is 15.8. The van der Waals surface area contributed by atoms with Crippen molar-refractivity contribution in [3.8, 4) is 17.6 Å². The number of carbonyl (C=O) groups excluding carboxylic acids is 2. The molecule has 0 saturated heterocycles. The van der Waals surface area contributed by atoms with Crippen molar-refractivity contribution < 1.29 is 23.8 Å². The molecule has 2 rings (SSSR count). The van der Waals surface area contributed by atoms with Gasteiger partial charge in [-0.05, 0) is 61.4 Å². The Balaban J connectivity index is 2.02. The molecule has 0 atom stereocenters. The van der Waals surface area contributed by atoms with E-state index in [4.69, 9.17) is 31.1 Å². The number of rotatable bonds is 10. The first-order chi connectivity index (χ1) is 15.4. The first-order valence-corrected chi connectivity index (χ1v) is 10.4. The number of anilines is 1. The highest BCUT2D eigenvalue weighted by Crippen LogP contribution is 2.28. The quantitative estimate of drug-likeness (QED) is 0.384. The van der Waals surface area contributed by atoms with E-state index in [0.717, 1.165) is 5.56 Å². The van der Waals surface area contributed by atoms with Crippen LogP contribution in [0.15, 0.2) is 42.5 Å². The third-order valence-electron chi connectivity index (χ3n) is 4.44. The molecule has 0 saturated carbocycles. The monoisotopic (exact) mass is 456 g/mol. The number of benzene rings is 2. The highest BCUT2D eigenvalue weighted by Gasteiger charge is 2.17. The fourth-order valence-electron chi connectivity index (χ4n) is 2.84. The number of methoxy groups -OCH3 is 1. The van der Waals surface area contributed by atoms with Gasteiger partial charge in [-0.2, -0.15) is 5.26 Å². The van der Waals surface area contributed by atoms with E-state index >= 15 is 0 Å². The van der Waals surface area contributed by atoms with Gasteiger partial charge < -0.3 is 19.1 Å². The van der Waals surface area contributed by atoms with Gasteiger partial charge in [0.2, 0.25) is 0 Å². The molecule has 0 aliphatic heterocycles. The van der Waals surface area contributed by atoms with Crippen LogP contribution in [-0.4, -0.2) is 38.7 Å². The van der Waals surface area contributed by atoms with Crippen molar-refractivity contribution in [3.63, 3.8) is 0 Å². The summed E-state index contributed by atoms with van der Waals surface area (Å²) in [7, 11) is 1.53. The van der Waals surface area contributed by atoms with E-state index in [1.54, 1.807) is 42.5 Å². The topological polar surface area (TPSA) is 88.9 Å². The van der Waals surface area contributed by atoms with E-state index in [-0.39, 0.29) is 13.0 Å². The van der Waals surface area contributed by atoms with Crippen molar-refractivity contribution in [2.75, 3.05) is 31.8 Å². The summed E-state index contributed by atoms with van der Waals surface area (Å²) in [6.45, 7) is 3.92. The van der Waals surface area contributed by atoms with Crippen molar-refractivity contribution in [1.29, 1.82) is 5.26 Å². The molecule has 0 aromatic heterocycles. The van der Waals surface area contributed by atoms with Crippen LogP contribution in [0.2, 0.25) is 5.02 Å². The summed E-state index contributed by atoms with van der Waals surface area (Å²) in [6.07, 6.45) is 2.93. The molecule has 2 aromatic carbocycles. The average Bonchev–Trinajstić information content (AvgIpc) is 2.79. The molecule has 0 spiro atoms. The Morgan fingerprint density at radius 2 is 1.97 bits per heavy atom. The van der Waals surface area contributed by atoms with Gasteiger partial charge in [0.25, 0.3) is 5.91 Å². The lowest BCUT2D eigenvalue weighted by atomic mass is 10.2. The van der Waals surface area contributed by atoms with Crippen molar-refractivity contribution >= 4 is 35.2 Å². The second kappa shape index (κ2) is 12.4. The van der Waals surface area contributed by atoms with Gasteiger partial charge in [-0.25, -0.2) is 4.79 Å². The number of amides is 1. The molecule has 0 bridgehead atoms. The van der Waals surface area contributed by atoms with Gasteiger partial charge in [-0.15, -0.1) is 0 Å². The van der Waals surface area contributed by atoms with Crippen molar-refractivity contribution in [2.24, 2.45) is 0 Å². The Hall–Kier alpha value is -3.50. The molecule has 0 heterocycles. The molecular weight excluding hydrogens is 432 g/mol. The highest BCUT2D eigenvalue weighted by atomic mass is 35.5. The Morgan fingerprint density at radius 3 is 2.62 bits per heavy atom. The summed E-state index contributed by atoms with van der Waals surface area (Å²) >= 11 is 6.05. The Labute approximate surface area is 192 Å². The molecule has 2 aromatic rings. The molecule has 8 heteroatoms. The summed E-state index contributed by atoms with van der Waals surface area (Å²) in [4.78, 5) is 26.2. The number of nitrogens with zero attached hydrogens (tertiary/aromatic N) is 2. The van der Waals surface area contributed by atoms with E-state index in [1.807, 2.05) is 19.9 Å². The summed E-state index contributed by atoms with van der Waals surface area (Å²) in [6, 6.07) is 12.4. The minimum Gasteiger partial charge on any atom is -0.493 e. The molecule has 0 unspecified atom stereocenters. The van der Waals surface area contributed by atoms with Crippen LogP contribution in [0.1, 0.15) is 24.5 Å². The number of halogens is 1. The fraction of sp³-hybridized carbons (Fsp3) is 0.292. The van der Waals surface area contributed by atoms with Crippen molar-refractivity contribution in [2.45, 2.75) is 20.3 Å². The van der Waals surface area contributed by atoms with E-state index in [0.29, 0.717) is 34.4 Å². The fourth-order valence-corrected chi connectivity index (χ4v) is 2.96. The zero-order valence-corrected chi connectivity index (χ0v) is 19.0.